The maximum Gasteiger partial charge on any atom is 0.265 e. The van der Waals surface area contributed by atoms with Crippen molar-refractivity contribution in [3.8, 4) is 5.75 Å². The number of hydrazone groups is 1. The van der Waals surface area contributed by atoms with Gasteiger partial charge in [-0.15, -0.1) is 11.6 Å². The van der Waals surface area contributed by atoms with Crippen molar-refractivity contribution in [2.75, 3.05) is 5.88 Å². The zero-order valence-electron chi connectivity index (χ0n) is 10.8. The van der Waals surface area contributed by atoms with Gasteiger partial charge in [-0.3, -0.25) is 14.3 Å². The van der Waals surface area contributed by atoms with Gasteiger partial charge >= 0.3 is 0 Å². The molecule has 11 heteroatoms. The number of nitrogens with zero attached hydrogens (tertiary/aromatic N) is 2. The van der Waals surface area contributed by atoms with Crippen LogP contribution in [-0.4, -0.2) is 33.0 Å². The molecule has 0 aromatic carbocycles. The SMILES string of the molecule is Cc1ncc(COP(=O)([O-])O)c(/C=N/NC(=O)CCl)c1O. The maximum absolute atomic E-state index is 10.9. The molecule has 21 heavy (non-hydrogen) atoms. The maximum atomic E-state index is 10.9. The molecule has 0 spiro atoms. The van der Waals surface area contributed by atoms with Gasteiger partial charge in [-0.25, -0.2) is 5.43 Å². The predicted octanol–water partition coefficient (Wildman–Crippen LogP) is -0.238. The highest BCUT2D eigenvalue weighted by atomic mass is 35.5. The molecule has 3 N–H and O–H groups in total. The third-order valence-corrected chi connectivity index (χ3v) is 2.94. The van der Waals surface area contributed by atoms with Gasteiger partial charge in [0.15, 0.2) is 0 Å². The second-order valence-electron chi connectivity index (χ2n) is 3.80. The first-order valence-electron chi connectivity index (χ1n) is 5.48. The molecule has 1 amide bonds. The van der Waals surface area contributed by atoms with Crippen LogP contribution in [0.25, 0.3) is 0 Å². The number of phosphoric ester groups is 1. The molecular formula is C10H12ClN3O6P-. The Morgan fingerprint density at radius 3 is 2.95 bits per heavy atom. The summed E-state index contributed by atoms with van der Waals surface area (Å²) in [5.74, 6) is -1.12. The highest BCUT2D eigenvalue weighted by molar-refractivity contribution is 7.44. The molecule has 1 atom stereocenters. The number of halogens is 1. The first kappa shape index (κ1) is 17.5. The molecule has 0 aliphatic carbocycles. The fourth-order valence-electron chi connectivity index (χ4n) is 1.26. The summed E-state index contributed by atoms with van der Waals surface area (Å²) in [6, 6.07) is 0. The summed E-state index contributed by atoms with van der Waals surface area (Å²) in [4.78, 5) is 33.9. The number of phosphoric acid groups is 1. The molecule has 1 heterocycles. The van der Waals surface area contributed by atoms with E-state index in [9.17, 15) is 19.4 Å². The van der Waals surface area contributed by atoms with Crippen LogP contribution in [0, 0.1) is 6.92 Å². The Bertz CT molecular complexity index is 603. The Kier molecular flexibility index (Phi) is 6.25. The van der Waals surface area contributed by atoms with Crippen molar-refractivity contribution in [3.05, 3.63) is 23.0 Å². The second-order valence-corrected chi connectivity index (χ2v) is 5.26. The van der Waals surface area contributed by atoms with Crippen LogP contribution in [0.5, 0.6) is 5.75 Å². The third kappa shape index (κ3) is 5.78. The molecule has 0 saturated heterocycles. The first-order chi connectivity index (χ1) is 9.74. The number of aryl methyl sites for hydroxylation is 1. The zero-order chi connectivity index (χ0) is 16.0. The van der Waals surface area contributed by atoms with E-state index >= 15 is 0 Å². The topological polar surface area (TPSA) is 144 Å². The number of pyridine rings is 1. The summed E-state index contributed by atoms with van der Waals surface area (Å²) < 4.78 is 14.8. The number of nitrogens with one attached hydrogen (secondary N) is 1. The molecule has 0 aliphatic heterocycles. The molecule has 1 aromatic rings. The lowest BCUT2D eigenvalue weighted by atomic mass is 10.1. The van der Waals surface area contributed by atoms with Crippen molar-refractivity contribution >= 4 is 31.5 Å². The number of amides is 1. The van der Waals surface area contributed by atoms with Gasteiger partial charge in [-0.05, 0) is 6.92 Å². The van der Waals surface area contributed by atoms with E-state index in [0.29, 0.717) is 0 Å². The Morgan fingerprint density at radius 2 is 2.38 bits per heavy atom. The van der Waals surface area contributed by atoms with Crippen LogP contribution in [0.3, 0.4) is 0 Å². The fraction of sp³-hybridized carbons (Fsp3) is 0.300. The number of carbonyl (C=O) groups excluding carboxylic acids is 1. The van der Waals surface area contributed by atoms with E-state index < -0.39 is 20.3 Å². The summed E-state index contributed by atoms with van der Waals surface area (Å²) in [6.07, 6.45) is 2.33. The number of carbonyl (C=O) groups is 1. The normalized spacial score (nSPS) is 14.1. The fourth-order valence-corrected chi connectivity index (χ4v) is 1.62. The lowest BCUT2D eigenvalue weighted by Gasteiger charge is -2.16. The summed E-state index contributed by atoms with van der Waals surface area (Å²) in [7, 11) is -4.92. The number of alkyl halides is 1. The Labute approximate surface area is 124 Å². The van der Waals surface area contributed by atoms with Crippen LogP contribution >= 0.6 is 19.4 Å². The largest absolute Gasteiger partial charge is 0.756 e. The van der Waals surface area contributed by atoms with E-state index in [1.807, 2.05) is 0 Å². The Balaban J connectivity index is 3.00. The highest BCUT2D eigenvalue weighted by Gasteiger charge is 2.12. The number of hydrogen-bond donors (Lipinski definition) is 3. The van der Waals surface area contributed by atoms with Crippen LogP contribution in [0.15, 0.2) is 11.3 Å². The molecule has 1 rings (SSSR count). The summed E-state index contributed by atoms with van der Waals surface area (Å²) >= 11 is 5.26. The van der Waals surface area contributed by atoms with E-state index in [4.69, 9.17) is 16.5 Å². The molecule has 0 saturated carbocycles. The van der Waals surface area contributed by atoms with Crippen molar-refractivity contribution in [1.82, 2.24) is 10.4 Å². The van der Waals surface area contributed by atoms with Gasteiger partial charge in [-0.2, -0.15) is 5.10 Å². The smallest absolute Gasteiger partial charge is 0.265 e. The average molecular weight is 337 g/mol. The molecule has 1 unspecified atom stereocenters. The van der Waals surface area contributed by atoms with E-state index in [0.717, 1.165) is 6.21 Å². The number of aromatic hydroxyl groups is 1. The van der Waals surface area contributed by atoms with E-state index in [1.165, 1.54) is 13.1 Å². The van der Waals surface area contributed by atoms with Crippen molar-refractivity contribution in [3.63, 3.8) is 0 Å². The minimum absolute atomic E-state index is 0.0887. The van der Waals surface area contributed by atoms with Gasteiger partial charge in [0.2, 0.25) is 0 Å². The van der Waals surface area contributed by atoms with E-state index in [2.05, 4.69) is 20.0 Å². The van der Waals surface area contributed by atoms with Crippen LogP contribution < -0.4 is 10.3 Å². The summed E-state index contributed by atoms with van der Waals surface area (Å²) in [6.45, 7) is 0.960. The molecule has 0 bridgehead atoms. The van der Waals surface area contributed by atoms with Gasteiger partial charge in [0, 0.05) is 17.3 Å². The van der Waals surface area contributed by atoms with E-state index in [1.54, 1.807) is 0 Å². The van der Waals surface area contributed by atoms with Gasteiger partial charge in [-0.1, -0.05) is 0 Å². The van der Waals surface area contributed by atoms with Crippen molar-refractivity contribution in [1.29, 1.82) is 0 Å². The second kappa shape index (κ2) is 7.48. The molecule has 116 valence electrons. The number of rotatable bonds is 6. The predicted molar refractivity (Wildman–Crippen MR) is 71.7 cm³/mol. The number of aromatic nitrogens is 1. The molecule has 0 aliphatic rings. The van der Waals surface area contributed by atoms with Crippen molar-refractivity contribution in [2.24, 2.45) is 5.10 Å². The highest BCUT2D eigenvalue weighted by Crippen LogP contribution is 2.33. The lowest BCUT2D eigenvalue weighted by Crippen LogP contribution is -2.18. The van der Waals surface area contributed by atoms with Crippen molar-refractivity contribution < 1.29 is 28.8 Å². The zero-order valence-corrected chi connectivity index (χ0v) is 12.5. The molecule has 0 radical (unpaired) electrons. The first-order valence-corrected chi connectivity index (χ1v) is 7.51. The average Bonchev–Trinajstić information content (AvgIpc) is 2.41. The van der Waals surface area contributed by atoms with Crippen LogP contribution in [0.4, 0.5) is 0 Å². The minimum Gasteiger partial charge on any atom is -0.756 e. The van der Waals surface area contributed by atoms with Crippen molar-refractivity contribution in [2.45, 2.75) is 13.5 Å². The van der Waals surface area contributed by atoms with Gasteiger partial charge in [0.05, 0.1) is 18.5 Å². The summed E-state index contributed by atoms with van der Waals surface area (Å²) in [5, 5.41) is 13.4. The van der Waals surface area contributed by atoms with E-state index in [-0.39, 0.29) is 28.5 Å². The molecule has 1 aromatic heterocycles. The standard InChI is InChI=1S/C10H13ClN3O6P/c1-6-10(16)8(4-13-14-9(15)2-11)7(3-12-6)5-20-21(17,18)19/h3-4,16H,2,5H2,1H3,(H,14,15)(H2,17,18,19)/p-1/b13-4+. The lowest BCUT2D eigenvalue weighted by molar-refractivity contribution is -0.220. The van der Waals surface area contributed by atoms with Gasteiger partial charge < -0.3 is 19.4 Å². The third-order valence-electron chi connectivity index (χ3n) is 2.25. The molecule has 9 nitrogen and oxygen atoms in total. The quantitative estimate of drug-likeness (QED) is 0.281. The van der Waals surface area contributed by atoms with Crippen LogP contribution in [0.2, 0.25) is 0 Å². The minimum atomic E-state index is -4.92. The van der Waals surface area contributed by atoms with Crippen LogP contribution in [0.1, 0.15) is 16.8 Å². The monoisotopic (exact) mass is 336 g/mol. The summed E-state index contributed by atoms with van der Waals surface area (Å²) in [5.41, 5.74) is 2.58. The van der Waals surface area contributed by atoms with Crippen LogP contribution in [-0.2, 0) is 20.5 Å². The molecular weight excluding hydrogens is 325 g/mol. The van der Waals surface area contributed by atoms with Gasteiger partial charge in [0.25, 0.3) is 13.7 Å². The Morgan fingerprint density at radius 1 is 1.71 bits per heavy atom. The van der Waals surface area contributed by atoms with Gasteiger partial charge in [0.1, 0.15) is 11.6 Å². The number of hydrogen-bond acceptors (Lipinski definition) is 7. The Hall–Kier alpha value is -1.51. The molecule has 0 fully saturated rings.